The van der Waals surface area contributed by atoms with Crippen LogP contribution in [0.3, 0.4) is 0 Å². The van der Waals surface area contributed by atoms with Gasteiger partial charge in [0.2, 0.25) is 5.91 Å². The van der Waals surface area contributed by atoms with E-state index in [2.05, 4.69) is 29.1 Å². The molecule has 1 unspecified atom stereocenters. The topological polar surface area (TPSA) is 54.9 Å². The van der Waals surface area contributed by atoms with E-state index in [4.69, 9.17) is 0 Å². The summed E-state index contributed by atoms with van der Waals surface area (Å²) in [7, 11) is 0. The number of nitrogens with one attached hydrogen (secondary N) is 1. The van der Waals surface area contributed by atoms with E-state index in [1.807, 2.05) is 31.3 Å². The highest BCUT2D eigenvalue weighted by Gasteiger charge is 2.15. The summed E-state index contributed by atoms with van der Waals surface area (Å²) in [4.78, 5) is 20.4. The minimum atomic E-state index is -0.222. The average molecular weight is 269 g/mol. The van der Waals surface area contributed by atoms with Crippen molar-refractivity contribution in [2.45, 2.75) is 32.6 Å². The fourth-order valence-corrected chi connectivity index (χ4v) is 1.90. The van der Waals surface area contributed by atoms with Crippen molar-refractivity contribution in [3.8, 4) is 0 Å². The normalized spacial score (nSPS) is 12.2. The van der Waals surface area contributed by atoms with Gasteiger partial charge < -0.3 is 5.32 Å². The monoisotopic (exact) mass is 269 g/mol. The Hall–Kier alpha value is -2.23. The predicted octanol–water partition coefficient (Wildman–Crippen LogP) is 3.34. The molecule has 0 spiro atoms. The molecule has 104 valence electrons. The van der Waals surface area contributed by atoms with Crippen LogP contribution < -0.4 is 5.32 Å². The number of anilines is 1. The van der Waals surface area contributed by atoms with Crippen molar-refractivity contribution in [1.82, 2.24) is 9.97 Å². The van der Waals surface area contributed by atoms with Crippen LogP contribution in [0.2, 0.25) is 0 Å². The summed E-state index contributed by atoms with van der Waals surface area (Å²) >= 11 is 0. The molecule has 2 heterocycles. The van der Waals surface area contributed by atoms with Crippen LogP contribution in [0.5, 0.6) is 0 Å². The Balaban J connectivity index is 2.10. The van der Waals surface area contributed by atoms with Gasteiger partial charge in [-0.1, -0.05) is 13.8 Å². The van der Waals surface area contributed by atoms with Gasteiger partial charge in [0, 0.05) is 18.6 Å². The molecule has 0 aromatic carbocycles. The van der Waals surface area contributed by atoms with Crippen molar-refractivity contribution < 1.29 is 4.79 Å². The maximum Gasteiger partial charge on any atom is 0.231 e. The van der Waals surface area contributed by atoms with Crippen molar-refractivity contribution in [3.05, 3.63) is 54.1 Å². The van der Waals surface area contributed by atoms with Crippen LogP contribution in [0.1, 0.15) is 43.7 Å². The largest absolute Gasteiger partial charge is 0.324 e. The fraction of sp³-hybridized carbons (Fsp3) is 0.312. The van der Waals surface area contributed by atoms with Gasteiger partial charge in [0.25, 0.3) is 0 Å². The smallest absolute Gasteiger partial charge is 0.231 e. The second-order valence-corrected chi connectivity index (χ2v) is 5.15. The molecule has 0 saturated carbocycles. The highest BCUT2D eigenvalue weighted by atomic mass is 16.1. The summed E-state index contributed by atoms with van der Waals surface area (Å²) in [6.07, 6.45) is 6.88. The van der Waals surface area contributed by atoms with Crippen LogP contribution in [0.4, 0.5) is 5.69 Å². The molecule has 0 aliphatic heterocycles. The lowest BCUT2D eigenvalue weighted by Crippen LogP contribution is -2.19. The van der Waals surface area contributed by atoms with E-state index in [9.17, 15) is 4.79 Å². The number of carbonyl (C=O) groups is 1. The minimum absolute atomic E-state index is 0.0427. The number of amides is 1. The summed E-state index contributed by atoms with van der Waals surface area (Å²) < 4.78 is 0. The second-order valence-electron chi connectivity index (χ2n) is 5.15. The molecule has 20 heavy (non-hydrogen) atoms. The molecule has 1 N–H and O–H groups in total. The fourth-order valence-electron chi connectivity index (χ4n) is 1.90. The Morgan fingerprint density at radius 3 is 2.40 bits per heavy atom. The van der Waals surface area contributed by atoms with E-state index >= 15 is 0 Å². The van der Waals surface area contributed by atoms with Crippen LogP contribution in [0.25, 0.3) is 0 Å². The number of aromatic nitrogens is 2. The zero-order valence-electron chi connectivity index (χ0n) is 12.0. The van der Waals surface area contributed by atoms with Crippen molar-refractivity contribution in [2.24, 2.45) is 0 Å². The Morgan fingerprint density at radius 2 is 1.75 bits per heavy atom. The molecule has 1 atom stereocenters. The summed E-state index contributed by atoms with van der Waals surface area (Å²) in [5, 5.41) is 2.91. The summed E-state index contributed by atoms with van der Waals surface area (Å²) in [5.74, 6) is 0.122. The van der Waals surface area contributed by atoms with Gasteiger partial charge in [-0.2, -0.15) is 0 Å². The predicted molar refractivity (Wildman–Crippen MR) is 79.6 cm³/mol. The second kappa shape index (κ2) is 6.28. The van der Waals surface area contributed by atoms with Crippen molar-refractivity contribution in [1.29, 1.82) is 0 Å². The molecule has 0 radical (unpaired) electrons. The number of hydrogen-bond donors (Lipinski definition) is 1. The molecule has 0 saturated heterocycles. The van der Waals surface area contributed by atoms with E-state index in [1.165, 1.54) is 0 Å². The van der Waals surface area contributed by atoms with Crippen LogP contribution in [-0.2, 0) is 4.79 Å². The van der Waals surface area contributed by atoms with Crippen LogP contribution in [-0.4, -0.2) is 15.9 Å². The zero-order valence-corrected chi connectivity index (χ0v) is 12.0. The lowest BCUT2D eigenvalue weighted by molar-refractivity contribution is -0.117. The van der Waals surface area contributed by atoms with Gasteiger partial charge in [0.1, 0.15) is 0 Å². The molecular weight excluding hydrogens is 250 g/mol. The van der Waals surface area contributed by atoms with Gasteiger partial charge >= 0.3 is 0 Å². The molecule has 1 amide bonds. The van der Waals surface area contributed by atoms with E-state index in [-0.39, 0.29) is 11.8 Å². The molecule has 2 rings (SSSR count). The molecule has 4 heteroatoms. The van der Waals surface area contributed by atoms with Gasteiger partial charge in [-0.3, -0.25) is 14.8 Å². The SMILES string of the molecule is CC(C)c1cncc(NC(=O)C(C)c2ccncc2)c1. The Morgan fingerprint density at radius 1 is 1.05 bits per heavy atom. The summed E-state index contributed by atoms with van der Waals surface area (Å²) in [5.41, 5.74) is 2.80. The van der Waals surface area contributed by atoms with Crippen molar-refractivity contribution in [3.63, 3.8) is 0 Å². The maximum absolute atomic E-state index is 12.2. The van der Waals surface area contributed by atoms with E-state index in [0.29, 0.717) is 5.92 Å². The third-order valence-electron chi connectivity index (χ3n) is 3.29. The van der Waals surface area contributed by atoms with Gasteiger partial charge in [-0.25, -0.2) is 0 Å². The molecule has 0 aliphatic carbocycles. The Kier molecular flexibility index (Phi) is 4.45. The number of rotatable bonds is 4. The first-order valence-electron chi connectivity index (χ1n) is 6.73. The van der Waals surface area contributed by atoms with E-state index in [1.54, 1.807) is 18.6 Å². The Labute approximate surface area is 119 Å². The third-order valence-corrected chi connectivity index (χ3v) is 3.29. The first kappa shape index (κ1) is 14.2. The zero-order chi connectivity index (χ0) is 14.5. The molecule has 0 fully saturated rings. The molecule has 2 aromatic heterocycles. The van der Waals surface area contributed by atoms with E-state index < -0.39 is 0 Å². The van der Waals surface area contributed by atoms with Gasteiger partial charge in [0.05, 0.1) is 17.8 Å². The number of carbonyl (C=O) groups excluding carboxylic acids is 1. The lowest BCUT2D eigenvalue weighted by atomic mass is 10.0. The first-order chi connectivity index (χ1) is 9.58. The lowest BCUT2D eigenvalue weighted by Gasteiger charge is -2.13. The minimum Gasteiger partial charge on any atom is -0.324 e. The highest BCUT2D eigenvalue weighted by molar-refractivity contribution is 5.95. The van der Waals surface area contributed by atoms with Crippen LogP contribution in [0, 0.1) is 0 Å². The average Bonchev–Trinajstić information content (AvgIpc) is 2.47. The summed E-state index contributed by atoms with van der Waals surface area (Å²) in [6, 6.07) is 5.68. The van der Waals surface area contributed by atoms with E-state index in [0.717, 1.165) is 16.8 Å². The molecular formula is C16H19N3O. The van der Waals surface area contributed by atoms with Crippen LogP contribution >= 0.6 is 0 Å². The highest BCUT2D eigenvalue weighted by Crippen LogP contribution is 2.20. The van der Waals surface area contributed by atoms with Crippen molar-refractivity contribution >= 4 is 11.6 Å². The van der Waals surface area contributed by atoms with Gasteiger partial charge in [-0.05, 0) is 42.2 Å². The Bertz CT molecular complexity index is 581. The number of hydrogen-bond acceptors (Lipinski definition) is 3. The first-order valence-corrected chi connectivity index (χ1v) is 6.73. The molecule has 0 aliphatic rings. The number of pyridine rings is 2. The standard InChI is InChI=1S/C16H19N3O/c1-11(2)14-8-15(10-18-9-14)19-16(20)12(3)13-4-6-17-7-5-13/h4-12H,1-3H3,(H,19,20). The summed E-state index contributed by atoms with van der Waals surface area (Å²) in [6.45, 7) is 6.08. The molecule has 2 aromatic rings. The van der Waals surface area contributed by atoms with Gasteiger partial charge in [0.15, 0.2) is 0 Å². The molecule has 4 nitrogen and oxygen atoms in total. The molecule has 0 bridgehead atoms. The third kappa shape index (κ3) is 3.41. The maximum atomic E-state index is 12.2. The van der Waals surface area contributed by atoms with Crippen LogP contribution in [0.15, 0.2) is 43.0 Å². The van der Waals surface area contributed by atoms with Crippen molar-refractivity contribution in [2.75, 3.05) is 5.32 Å². The van der Waals surface area contributed by atoms with Gasteiger partial charge in [-0.15, -0.1) is 0 Å². The quantitative estimate of drug-likeness (QED) is 0.926. The number of nitrogens with zero attached hydrogens (tertiary/aromatic N) is 2.